The van der Waals surface area contributed by atoms with Crippen LogP contribution in [0.1, 0.15) is 17.3 Å². The van der Waals surface area contributed by atoms with E-state index in [2.05, 4.69) is 5.32 Å². The predicted octanol–water partition coefficient (Wildman–Crippen LogP) is 4.84. The summed E-state index contributed by atoms with van der Waals surface area (Å²) < 4.78 is 42.7. The molecular formula is C21H18ClFN2O2S. The fourth-order valence-electron chi connectivity index (χ4n) is 3.39. The zero-order valence-corrected chi connectivity index (χ0v) is 16.4. The number of para-hydroxylation sites is 1. The Labute approximate surface area is 168 Å². The van der Waals surface area contributed by atoms with Crippen LogP contribution in [0, 0.1) is 5.82 Å². The van der Waals surface area contributed by atoms with E-state index < -0.39 is 22.0 Å². The van der Waals surface area contributed by atoms with Crippen LogP contribution in [0.15, 0.2) is 77.7 Å². The summed E-state index contributed by atoms with van der Waals surface area (Å²) in [6.45, 7) is 0.199. The first-order valence-corrected chi connectivity index (χ1v) is 10.7. The minimum Gasteiger partial charge on any atom is -0.364 e. The van der Waals surface area contributed by atoms with E-state index in [1.165, 1.54) is 10.4 Å². The second kappa shape index (κ2) is 7.54. The molecule has 4 nitrogen and oxygen atoms in total. The lowest BCUT2D eigenvalue weighted by atomic mass is 10.1. The van der Waals surface area contributed by atoms with Crippen LogP contribution in [0.4, 0.5) is 10.1 Å². The van der Waals surface area contributed by atoms with Crippen LogP contribution in [0.5, 0.6) is 0 Å². The Balaban J connectivity index is 1.78. The number of nitrogens with one attached hydrogen (secondary N) is 1. The largest absolute Gasteiger partial charge is 0.364 e. The van der Waals surface area contributed by atoms with Crippen LogP contribution >= 0.6 is 11.6 Å². The lowest BCUT2D eigenvalue weighted by Gasteiger charge is -2.37. The summed E-state index contributed by atoms with van der Waals surface area (Å²) in [5.74, 6) is -0.624. The highest BCUT2D eigenvalue weighted by Crippen LogP contribution is 2.39. The lowest BCUT2D eigenvalue weighted by molar-refractivity contribution is 0.338. The highest BCUT2D eigenvalue weighted by Gasteiger charge is 2.39. The van der Waals surface area contributed by atoms with Crippen molar-refractivity contribution in [1.29, 1.82) is 0 Å². The van der Waals surface area contributed by atoms with E-state index in [4.69, 9.17) is 11.6 Å². The third-order valence-electron chi connectivity index (χ3n) is 4.79. The van der Waals surface area contributed by atoms with Gasteiger partial charge in [-0.05, 0) is 30.2 Å². The first-order valence-electron chi connectivity index (χ1n) is 8.84. The van der Waals surface area contributed by atoms with E-state index in [1.807, 2.05) is 30.3 Å². The van der Waals surface area contributed by atoms with Crippen LogP contribution in [0.2, 0.25) is 5.02 Å². The SMILES string of the molecule is O=S1(=O)c2ccccc2N[C@@H](c2cccc(Cl)c2F)N1CCc1ccccc1. The molecular weight excluding hydrogens is 399 g/mol. The summed E-state index contributed by atoms with van der Waals surface area (Å²) in [7, 11) is -3.82. The first kappa shape index (κ1) is 18.9. The molecule has 4 rings (SSSR count). The zero-order chi connectivity index (χ0) is 19.7. The molecule has 0 spiro atoms. The van der Waals surface area contributed by atoms with Gasteiger partial charge in [-0.25, -0.2) is 12.8 Å². The Morgan fingerprint density at radius 2 is 1.68 bits per heavy atom. The number of sulfonamides is 1. The van der Waals surface area contributed by atoms with E-state index in [0.717, 1.165) is 5.56 Å². The topological polar surface area (TPSA) is 49.4 Å². The van der Waals surface area contributed by atoms with Crippen LogP contribution in [0.25, 0.3) is 0 Å². The number of fused-ring (bicyclic) bond motifs is 1. The minimum atomic E-state index is -3.82. The number of anilines is 1. The maximum Gasteiger partial charge on any atom is 0.247 e. The molecule has 1 aliphatic heterocycles. The molecule has 0 aromatic heterocycles. The average molecular weight is 417 g/mol. The third-order valence-corrected chi connectivity index (χ3v) is 7.01. The summed E-state index contributed by atoms with van der Waals surface area (Å²) in [6, 6.07) is 20.9. The molecule has 1 heterocycles. The van der Waals surface area contributed by atoms with Crippen molar-refractivity contribution in [3.8, 4) is 0 Å². The average Bonchev–Trinajstić information content (AvgIpc) is 2.70. The van der Waals surface area contributed by atoms with Gasteiger partial charge in [0.25, 0.3) is 0 Å². The normalized spacial score (nSPS) is 18.3. The van der Waals surface area contributed by atoms with Crippen molar-refractivity contribution in [1.82, 2.24) is 4.31 Å². The van der Waals surface area contributed by atoms with Crippen molar-refractivity contribution in [3.63, 3.8) is 0 Å². The maximum absolute atomic E-state index is 14.8. The van der Waals surface area contributed by atoms with Gasteiger partial charge in [-0.3, -0.25) is 0 Å². The van der Waals surface area contributed by atoms with Crippen molar-refractivity contribution < 1.29 is 12.8 Å². The van der Waals surface area contributed by atoms with Gasteiger partial charge < -0.3 is 5.32 Å². The van der Waals surface area contributed by atoms with Gasteiger partial charge in [0.05, 0.1) is 10.7 Å². The predicted molar refractivity (Wildman–Crippen MR) is 108 cm³/mol. The van der Waals surface area contributed by atoms with Gasteiger partial charge in [0, 0.05) is 12.1 Å². The van der Waals surface area contributed by atoms with Crippen molar-refractivity contribution in [2.24, 2.45) is 0 Å². The number of halogens is 2. The Kier molecular flexibility index (Phi) is 5.10. The van der Waals surface area contributed by atoms with E-state index in [0.29, 0.717) is 12.1 Å². The third kappa shape index (κ3) is 3.39. The van der Waals surface area contributed by atoms with Crippen LogP contribution in [-0.2, 0) is 16.4 Å². The Hall–Kier alpha value is -2.41. The molecule has 1 N–H and O–H groups in total. The molecule has 0 aliphatic carbocycles. The molecule has 144 valence electrons. The van der Waals surface area contributed by atoms with E-state index in [-0.39, 0.29) is 22.0 Å². The molecule has 0 fully saturated rings. The number of hydrogen-bond acceptors (Lipinski definition) is 3. The van der Waals surface area contributed by atoms with Crippen molar-refractivity contribution >= 4 is 27.3 Å². The molecule has 3 aromatic rings. The number of hydrogen-bond donors (Lipinski definition) is 1. The Morgan fingerprint density at radius 3 is 2.46 bits per heavy atom. The second-order valence-electron chi connectivity index (χ2n) is 6.54. The van der Waals surface area contributed by atoms with E-state index in [1.54, 1.807) is 36.4 Å². The Morgan fingerprint density at radius 1 is 0.964 bits per heavy atom. The molecule has 0 unspecified atom stereocenters. The van der Waals surface area contributed by atoms with Gasteiger partial charge >= 0.3 is 0 Å². The van der Waals surface area contributed by atoms with Gasteiger partial charge in [-0.15, -0.1) is 0 Å². The van der Waals surface area contributed by atoms with Gasteiger partial charge in [-0.1, -0.05) is 66.2 Å². The maximum atomic E-state index is 14.8. The molecule has 1 aliphatic rings. The summed E-state index contributed by atoms with van der Waals surface area (Å²) in [6.07, 6.45) is -0.384. The minimum absolute atomic E-state index is 0.0430. The standard InChI is InChI=1S/C21H18ClFN2O2S/c22-17-10-6-9-16(20(17)23)21-24-18-11-4-5-12-19(18)28(26,27)25(21)14-13-15-7-2-1-3-8-15/h1-12,21,24H,13-14H2/t21-/m1/s1. The molecule has 3 aromatic carbocycles. The molecule has 0 radical (unpaired) electrons. The van der Waals surface area contributed by atoms with Gasteiger partial charge in [0.15, 0.2) is 0 Å². The van der Waals surface area contributed by atoms with Crippen molar-refractivity contribution in [2.45, 2.75) is 17.5 Å². The number of rotatable bonds is 4. The van der Waals surface area contributed by atoms with Gasteiger partial charge in [0.1, 0.15) is 16.9 Å². The summed E-state index contributed by atoms with van der Waals surface area (Å²) in [5, 5.41) is 3.13. The molecule has 0 saturated carbocycles. The molecule has 7 heteroatoms. The number of benzene rings is 3. The fraction of sp³-hybridized carbons (Fsp3) is 0.143. The van der Waals surface area contributed by atoms with Crippen molar-refractivity contribution in [3.05, 3.63) is 94.8 Å². The lowest BCUT2D eigenvalue weighted by Crippen LogP contribution is -2.44. The molecule has 1 atom stereocenters. The molecule has 0 saturated heterocycles. The smallest absolute Gasteiger partial charge is 0.247 e. The van der Waals surface area contributed by atoms with Crippen molar-refractivity contribution in [2.75, 3.05) is 11.9 Å². The quantitative estimate of drug-likeness (QED) is 0.662. The number of nitrogens with zero attached hydrogens (tertiary/aromatic N) is 1. The molecule has 0 bridgehead atoms. The Bertz CT molecular complexity index is 1110. The highest BCUT2D eigenvalue weighted by molar-refractivity contribution is 7.89. The zero-order valence-electron chi connectivity index (χ0n) is 14.8. The van der Waals surface area contributed by atoms with Gasteiger partial charge in [0.2, 0.25) is 10.0 Å². The van der Waals surface area contributed by atoms with Crippen LogP contribution in [0.3, 0.4) is 0 Å². The summed E-state index contributed by atoms with van der Waals surface area (Å²) in [4.78, 5) is 0.182. The van der Waals surface area contributed by atoms with E-state index >= 15 is 0 Å². The molecule has 28 heavy (non-hydrogen) atoms. The van der Waals surface area contributed by atoms with Crippen LogP contribution < -0.4 is 5.32 Å². The second-order valence-corrected chi connectivity index (χ2v) is 8.80. The highest BCUT2D eigenvalue weighted by atomic mass is 35.5. The van der Waals surface area contributed by atoms with E-state index in [9.17, 15) is 12.8 Å². The summed E-state index contributed by atoms with van der Waals surface area (Å²) in [5.41, 5.74) is 1.64. The monoisotopic (exact) mass is 416 g/mol. The molecule has 0 amide bonds. The fourth-order valence-corrected chi connectivity index (χ4v) is 5.26. The first-order chi connectivity index (χ1) is 13.5. The summed E-state index contributed by atoms with van der Waals surface area (Å²) >= 11 is 5.95. The van der Waals surface area contributed by atoms with Crippen LogP contribution in [-0.4, -0.2) is 19.3 Å². The van der Waals surface area contributed by atoms with Gasteiger partial charge in [-0.2, -0.15) is 4.31 Å².